The summed E-state index contributed by atoms with van der Waals surface area (Å²) in [5, 5.41) is 16.7. The molecular formula is C24H21FN4O4. The Morgan fingerprint density at radius 1 is 1.18 bits per heavy atom. The normalized spacial score (nSPS) is 26.2. The molecule has 33 heavy (non-hydrogen) atoms. The van der Waals surface area contributed by atoms with Crippen LogP contribution in [0.3, 0.4) is 0 Å². The minimum Gasteiger partial charge on any atom is -0.629 e. The highest BCUT2D eigenvalue weighted by molar-refractivity contribution is 6.08. The van der Waals surface area contributed by atoms with Crippen molar-refractivity contribution >= 4 is 23.4 Å². The van der Waals surface area contributed by atoms with Crippen molar-refractivity contribution in [3.05, 3.63) is 94.1 Å². The lowest BCUT2D eigenvalue weighted by molar-refractivity contribution is -0.811. The first kappa shape index (κ1) is 21.0. The predicted molar refractivity (Wildman–Crippen MR) is 117 cm³/mol. The molecule has 2 unspecified atom stereocenters. The molecule has 4 amide bonds. The molecule has 3 aliphatic rings. The molecule has 0 aliphatic carbocycles. The number of hydrogen-bond acceptors (Lipinski definition) is 4. The first-order valence-electron chi connectivity index (χ1n) is 10.5. The maximum Gasteiger partial charge on any atom is 0.322 e. The number of rotatable bonds is 4. The number of fused-ring (bicyclic) bond motifs is 1. The molecule has 2 aromatic carbocycles. The van der Waals surface area contributed by atoms with Crippen molar-refractivity contribution in [2.45, 2.75) is 25.0 Å². The summed E-state index contributed by atoms with van der Waals surface area (Å²) in [6.07, 6.45) is 5.16. The van der Waals surface area contributed by atoms with Gasteiger partial charge in [0.1, 0.15) is 11.9 Å². The number of benzene rings is 2. The summed E-state index contributed by atoms with van der Waals surface area (Å²) < 4.78 is 13.6. The van der Waals surface area contributed by atoms with Crippen LogP contribution in [0.1, 0.15) is 34.0 Å². The minimum atomic E-state index is -1.48. The highest BCUT2D eigenvalue weighted by Crippen LogP contribution is 2.32. The molecular weight excluding hydrogens is 427 g/mol. The number of nitrogens with zero attached hydrogens (tertiary/aromatic N) is 1. The van der Waals surface area contributed by atoms with E-state index in [4.69, 9.17) is 0 Å². The van der Waals surface area contributed by atoms with Gasteiger partial charge in [-0.1, -0.05) is 30.3 Å². The van der Waals surface area contributed by atoms with E-state index in [1.165, 1.54) is 17.0 Å². The summed E-state index contributed by atoms with van der Waals surface area (Å²) in [6, 6.07) is 10.2. The Morgan fingerprint density at radius 2 is 1.94 bits per heavy atom. The number of allylic oxidation sites excluding steroid dienone is 2. The summed E-state index contributed by atoms with van der Waals surface area (Å²) in [6.45, 7) is 1.93. The molecule has 3 N–H and O–H groups in total. The van der Waals surface area contributed by atoms with E-state index in [-0.39, 0.29) is 29.8 Å². The molecule has 5 rings (SSSR count). The first-order chi connectivity index (χ1) is 15.8. The van der Waals surface area contributed by atoms with E-state index in [0.29, 0.717) is 11.1 Å². The van der Waals surface area contributed by atoms with Gasteiger partial charge in [0.2, 0.25) is 0 Å². The van der Waals surface area contributed by atoms with Crippen molar-refractivity contribution in [1.29, 1.82) is 0 Å². The van der Waals surface area contributed by atoms with Crippen LogP contribution in [-0.4, -0.2) is 35.3 Å². The second-order valence-electron chi connectivity index (χ2n) is 8.50. The van der Waals surface area contributed by atoms with Gasteiger partial charge >= 0.3 is 6.03 Å². The van der Waals surface area contributed by atoms with E-state index in [1.807, 2.05) is 25.1 Å². The van der Waals surface area contributed by atoms with Gasteiger partial charge in [-0.3, -0.25) is 14.9 Å². The zero-order valence-electron chi connectivity index (χ0n) is 17.7. The molecule has 2 aromatic rings. The Kier molecular flexibility index (Phi) is 4.88. The van der Waals surface area contributed by atoms with Crippen LogP contribution >= 0.6 is 0 Å². The maximum absolute atomic E-state index is 13.6. The van der Waals surface area contributed by atoms with Crippen LogP contribution in [0.15, 0.2) is 60.8 Å². The van der Waals surface area contributed by atoms with Gasteiger partial charge in [0.25, 0.3) is 11.8 Å². The van der Waals surface area contributed by atoms with Gasteiger partial charge in [-0.15, -0.1) is 0 Å². The highest BCUT2D eigenvalue weighted by Gasteiger charge is 2.50. The smallest absolute Gasteiger partial charge is 0.322 e. The molecule has 0 aromatic heterocycles. The third-order valence-corrected chi connectivity index (χ3v) is 6.34. The first-order valence-corrected chi connectivity index (χ1v) is 10.5. The summed E-state index contributed by atoms with van der Waals surface area (Å²) >= 11 is 0. The second-order valence-corrected chi connectivity index (χ2v) is 8.50. The molecule has 8 nitrogen and oxygen atoms in total. The molecule has 0 bridgehead atoms. The van der Waals surface area contributed by atoms with E-state index < -0.39 is 29.2 Å². The third kappa shape index (κ3) is 3.51. The van der Waals surface area contributed by atoms with Crippen LogP contribution < -0.4 is 15.7 Å². The molecule has 0 spiro atoms. The van der Waals surface area contributed by atoms with Crippen molar-refractivity contribution < 1.29 is 23.8 Å². The quantitative estimate of drug-likeness (QED) is 0.483. The Morgan fingerprint density at radius 3 is 2.61 bits per heavy atom. The Bertz CT molecular complexity index is 1240. The van der Waals surface area contributed by atoms with Crippen LogP contribution in [0.2, 0.25) is 0 Å². The topological polar surface area (TPSA) is 106 Å². The molecule has 3 heterocycles. The Hall–Kier alpha value is -3.82. The molecule has 0 radical (unpaired) electrons. The average Bonchev–Trinajstić information content (AvgIpc) is 3.25. The zero-order valence-corrected chi connectivity index (χ0v) is 17.7. The van der Waals surface area contributed by atoms with Crippen LogP contribution in [-0.2, 0) is 16.9 Å². The number of imide groups is 1. The minimum absolute atomic E-state index is 0.0378. The van der Waals surface area contributed by atoms with E-state index >= 15 is 0 Å². The number of hydrogen-bond donors (Lipinski definition) is 3. The Labute approximate surface area is 188 Å². The van der Waals surface area contributed by atoms with E-state index in [2.05, 4.69) is 10.6 Å². The van der Waals surface area contributed by atoms with Crippen LogP contribution in [0.4, 0.5) is 9.18 Å². The monoisotopic (exact) mass is 448 g/mol. The molecule has 3 aliphatic heterocycles. The maximum atomic E-state index is 13.6. The third-order valence-electron chi connectivity index (χ3n) is 6.34. The highest BCUT2D eigenvalue weighted by atomic mass is 19.1. The fourth-order valence-corrected chi connectivity index (χ4v) is 4.52. The average molecular weight is 448 g/mol. The molecule has 0 saturated carbocycles. The lowest BCUT2D eigenvalue weighted by atomic mass is 9.87. The summed E-state index contributed by atoms with van der Waals surface area (Å²) in [5.74, 6) is -1.47. The molecule has 1 fully saturated rings. The van der Waals surface area contributed by atoms with Gasteiger partial charge in [-0.2, -0.15) is 0 Å². The number of quaternary nitrogens is 1. The van der Waals surface area contributed by atoms with Gasteiger partial charge in [0.15, 0.2) is 5.54 Å². The van der Waals surface area contributed by atoms with E-state index in [0.717, 1.165) is 11.1 Å². The largest absolute Gasteiger partial charge is 0.629 e. The van der Waals surface area contributed by atoms with Crippen molar-refractivity contribution in [3.8, 4) is 0 Å². The predicted octanol–water partition coefficient (Wildman–Crippen LogP) is 1.20. The molecule has 3 atom stereocenters. The number of urea groups is 1. The van der Waals surface area contributed by atoms with Gasteiger partial charge in [-0.05, 0) is 53.5 Å². The number of carbonyl (C=O) groups excluding carboxylic acids is 3. The number of nitrogens with one attached hydrogen (secondary N) is 3. The lowest BCUT2D eigenvalue weighted by Gasteiger charge is -2.31. The van der Waals surface area contributed by atoms with Crippen molar-refractivity contribution in [3.63, 3.8) is 0 Å². The van der Waals surface area contributed by atoms with E-state index in [9.17, 15) is 24.0 Å². The summed E-state index contributed by atoms with van der Waals surface area (Å²) in [7, 11) is 0. The van der Waals surface area contributed by atoms with Crippen LogP contribution in [0, 0.1) is 11.0 Å². The lowest BCUT2D eigenvalue weighted by Crippen LogP contribution is -3.06. The van der Waals surface area contributed by atoms with Gasteiger partial charge < -0.3 is 20.5 Å². The van der Waals surface area contributed by atoms with Crippen molar-refractivity contribution in [2.75, 3.05) is 6.54 Å². The number of carbonyl (C=O) groups is 3. The summed E-state index contributed by atoms with van der Waals surface area (Å²) in [5.41, 5.74) is 1.69. The van der Waals surface area contributed by atoms with Crippen LogP contribution in [0.25, 0.3) is 5.57 Å². The van der Waals surface area contributed by atoms with Crippen molar-refractivity contribution in [1.82, 2.24) is 15.5 Å². The van der Waals surface area contributed by atoms with E-state index in [1.54, 1.807) is 30.5 Å². The van der Waals surface area contributed by atoms with Gasteiger partial charge in [0, 0.05) is 12.1 Å². The number of hydroxylamine groups is 2. The Balaban J connectivity index is 1.46. The second kappa shape index (κ2) is 7.65. The fourth-order valence-electron chi connectivity index (χ4n) is 4.52. The number of amides is 4. The summed E-state index contributed by atoms with van der Waals surface area (Å²) in [4.78, 5) is 39.4. The fraction of sp³-hybridized carbons (Fsp3) is 0.208. The van der Waals surface area contributed by atoms with Crippen LogP contribution in [0.5, 0.6) is 0 Å². The zero-order chi connectivity index (χ0) is 23.3. The molecule has 1 saturated heterocycles. The molecule has 9 heteroatoms. The van der Waals surface area contributed by atoms with Gasteiger partial charge in [0.05, 0.1) is 12.7 Å². The SMILES string of the molecule is CC1C=C(c2ccc([C@]3(CN4Cc5ccc(F)cc5C4=O)NC(=O)NC3=O)cc2)C=C[NH+]1[O-]. The van der Waals surface area contributed by atoms with Gasteiger partial charge in [-0.25, -0.2) is 9.18 Å². The number of halogens is 1. The standard InChI is InChI=1S/C24H21FN4O4/c1-14-10-16(8-9-29(14)33)15-2-5-18(6-3-15)24(22(31)26-23(32)27-24)13-28-12-17-4-7-19(25)11-20(17)21(28)30/h2-11,14,29H,12-13H2,1H3,(H2,26,27,31,32)/t14?,24-/m0/s1. The van der Waals surface area contributed by atoms with Crippen molar-refractivity contribution in [2.24, 2.45) is 0 Å². The molecule has 168 valence electrons.